The van der Waals surface area contributed by atoms with Gasteiger partial charge < -0.3 is 14.9 Å². The highest BCUT2D eigenvalue weighted by Crippen LogP contribution is 2.27. The van der Waals surface area contributed by atoms with Crippen molar-refractivity contribution in [2.24, 2.45) is 0 Å². The molecule has 0 saturated carbocycles. The Labute approximate surface area is 159 Å². The van der Waals surface area contributed by atoms with E-state index in [1.54, 1.807) is 42.6 Å². The van der Waals surface area contributed by atoms with Crippen LogP contribution in [0, 0.1) is 0 Å². The average molecular weight is 386 g/mol. The minimum absolute atomic E-state index is 0.0670. The Kier molecular flexibility index (Phi) is 5.22. The van der Waals surface area contributed by atoms with Gasteiger partial charge in [-0.2, -0.15) is 0 Å². The molecule has 1 N–H and O–H groups in total. The van der Waals surface area contributed by atoms with Crippen molar-refractivity contribution in [2.75, 3.05) is 37.0 Å². The van der Waals surface area contributed by atoms with Gasteiger partial charge in [0.05, 0.1) is 12.2 Å². The number of nitrogens with zero attached hydrogens (tertiary/aromatic N) is 4. The highest BCUT2D eigenvalue weighted by molar-refractivity contribution is 7.16. The quantitative estimate of drug-likeness (QED) is 0.792. The molecule has 2 aromatic rings. The molecule has 0 bridgehead atoms. The molecule has 1 aromatic heterocycles. The molecule has 0 spiro atoms. The fraction of sp³-hybridized carbons (Fsp3) is 0.222. The molecular formula is C18H18N4O4S. The van der Waals surface area contributed by atoms with Crippen LogP contribution in [-0.4, -0.2) is 60.1 Å². The summed E-state index contributed by atoms with van der Waals surface area (Å²) >= 11 is 1.40. The molecule has 27 heavy (non-hydrogen) atoms. The van der Waals surface area contributed by atoms with Crippen LogP contribution in [0.3, 0.4) is 0 Å². The van der Waals surface area contributed by atoms with Crippen LogP contribution in [0.4, 0.5) is 15.6 Å². The third-order valence-electron chi connectivity index (χ3n) is 3.85. The van der Waals surface area contributed by atoms with E-state index in [0.717, 1.165) is 19.8 Å². The Morgan fingerprint density at radius 3 is 2.59 bits per heavy atom. The third-order valence-corrected chi connectivity index (χ3v) is 4.96. The summed E-state index contributed by atoms with van der Waals surface area (Å²) in [6.07, 6.45) is 3.30. The van der Waals surface area contributed by atoms with Crippen LogP contribution in [-0.2, 0) is 9.59 Å². The maximum atomic E-state index is 12.9. The Bertz CT molecular complexity index is 907. The molecule has 0 radical (unpaired) electrons. The van der Waals surface area contributed by atoms with Crippen LogP contribution in [0.15, 0.2) is 42.1 Å². The van der Waals surface area contributed by atoms with Gasteiger partial charge in [0.1, 0.15) is 6.54 Å². The second-order valence-electron chi connectivity index (χ2n) is 6.12. The van der Waals surface area contributed by atoms with E-state index >= 15 is 0 Å². The molecule has 0 unspecified atom stereocenters. The van der Waals surface area contributed by atoms with Crippen molar-refractivity contribution >= 4 is 46.1 Å². The van der Waals surface area contributed by atoms with Gasteiger partial charge in [-0.15, -0.1) is 0 Å². The SMILES string of the molecule is CN(C)c1ncc(C=C2CN(CC(=O)O)C(=O)N(c3ccccc3)C2=O)s1. The number of anilines is 2. The highest BCUT2D eigenvalue weighted by atomic mass is 32.1. The topological polar surface area (TPSA) is 94.1 Å². The fourth-order valence-electron chi connectivity index (χ4n) is 2.63. The number of hydrogen-bond acceptors (Lipinski definition) is 6. The number of carbonyl (C=O) groups is 3. The van der Waals surface area contributed by atoms with Crippen molar-refractivity contribution in [3.8, 4) is 0 Å². The molecule has 0 atom stereocenters. The molecule has 8 nitrogen and oxygen atoms in total. The van der Waals surface area contributed by atoms with Gasteiger partial charge in [0.2, 0.25) is 0 Å². The van der Waals surface area contributed by atoms with Gasteiger partial charge in [0.15, 0.2) is 5.13 Å². The molecule has 3 rings (SSSR count). The molecular weight excluding hydrogens is 368 g/mol. The van der Waals surface area contributed by atoms with Crippen LogP contribution in [0.2, 0.25) is 0 Å². The van der Waals surface area contributed by atoms with Gasteiger partial charge in [0.25, 0.3) is 5.91 Å². The Morgan fingerprint density at radius 1 is 1.30 bits per heavy atom. The standard InChI is InChI=1S/C18H18N4O4S/c1-20(2)17-19-9-14(27-17)8-12-10-21(11-15(23)24)18(26)22(16(12)25)13-6-4-3-5-7-13/h3-9H,10-11H2,1-2H3,(H,23,24). The lowest BCUT2D eigenvalue weighted by atomic mass is 10.1. The van der Waals surface area contributed by atoms with Crippen molar-refractivity contribution in [1.29, 1.82) is 0 Å². The van der Waals surface area contributed by atoms with Crippen molar-refractivity contribution in [3.63, 3.8) is 0 Å². The van der Waals surface area contributed by atoms with Gasteiger partial charge in [-0.3, -0.25) is 9.59 Å². The maximum Gasteiger partial charge on any atom is 0.332 e. The van der Waals surface area contributed by atoms with Crippen LogP contribution in [0.1, 0.15) is 4.88 Å². The van der Waals surface area contributed by atoms with Crippen LogP contribution in [0.5, 0.6) is 0 Å². The van der Waals surface area contributed by atoms with Crippen molar-refractivity contribution in [3.05, 3.63) is 47.0 Å². The predicted molar refractivity (Wildman–Crippen MR) is 103 cm³/mol. The maximum absolute atomic E-state index is 12.9. The molecule has 1 fully saturated rings. The van der Waals surface area contributed by atoms with E-state index in [0.29, 0.717) is 11.3 Å². The number of carboxylic acid groups (broad SMARTS) is 1. The number of aliphatic carboxylic acids is 1. The largest absolute Gasteiger partial charge is 0.480 e. The molecule has 9 heteroatoms. The number of para-hydroxylation sites is 1. The first-order valence-corrected chi connectivity index (χ1v) is 8.92. The molecule has 2 heterocycles. The van der Waals surface area contributed by atoms with Gasteiger partial charge in [-0.05, 0) is 18.2 Å². The minimum atomic E-state index is -1.14. The molecule has 140 valence electrons. The smallest absolute Gasteiger partial charge is 0.332 e. The zero-order valence-electron chi connectivity index (χ0n) is 14.8. The Morgan fingerprint density at radius 2 is 2.00 bits per heavy atom. The third kappa shape index (κ3) is 3.98. The predicted octanol–water partition coefficient (Wildman–Crippen LogP) is 2.15. The van der Waals surface area contributed by atoms with E-state index in [4.69, 9.17) is 5.11 Å². The van der Waals surface area contributed by atoms with Crippen molar-refractivity contribution in [2.45, 2.75) is 0 Å². The lowest BCUT2D eigenvalue weighted by molar-refractivity contribution is -0.137. The van der Waals surface area contributed by atoms with Gasteiger partial charge in [-0.25, -0.2) is 14.7 Å². The summed E-state index contributed by atoms with van der Waals surface area (Å²) < 4.78 is 0. The average Bonchev–Trinajstić information content (AvgIpc) is 3.09. The van der Waals surface area contributed by atoms with E-state index in [9.17, 15) is 14.4 Å². The molecule has 1 aliphatic heterocycles. The van der Waals surface area contributed by atoms with E-state index in [2.05, 4.69) is 4.98 Å². The Hall–Kier alpha value is -3.20. The molecule has 1 saturated heterocycles. The number of benzene rings is 1. The first kappa shape index (κ1) is 18.6. The summed E-state index contributed by atoms with van der Waals surface area (Å²) in [4.78, 5) is 45.8. The number of carbonyl (C=O) groups excluding carboxylic acids is 2. The van der Waals surface area contributed by atoms with Crippen molar-refractivity contribution < 1.29 is 19.5 Å². The zero-order valence-corrected chi connectivity index (χ0v) is 15.6. The number of amides is 3. The van der Waals surface area contributed by atoms with E-state index in [1.165, 1.54) is 11.3 Å². The first-order chi connectivity index (χ1) is 12.9. The lowest BCUT2D eigenvalue weighted by Gasteiger charge is -2.34. The fourth-order valence-corrected chi connectivity index (χ4v) is 3.44. The van der Waals surface area contributed by atoms with Gasteiger partial charge >= 0.3 is 12.0 Å². The first-order valence-electron chi connectivity index (χ1n) is 8.10. The van der Waals surface area contributed by atoms with E-state index < -0.39 is 24.5 Å². The van der Waals surface area contributed by atoms with Crippen LogP contribution >= 0.6 is 11.3 Å². The number of rotatable bonds is 5. The monoisotopic (exact) mass is 386 g/mol. The van der Waals surface area contributed by atoms with Gasteiger partial charge in [0, 0.05) is 30.7 Å². The van der Waals surface area contributed by atoms with E-state index in [1.807, 2.05) is 19.0 Å². The summed E-state index contributed by atoms with van der Waals surface area (Å²) in [7, 11) is 3.73. The molecule has 1 aromatic carbocycles. The summed E-state index contributed by atoms with van der Waals surface area (Å²) in [6, 6.07) is 7.81. The normalized spacial score (nSPS) is 16.1. The summed E-state index contributed by atoms with van der Waals surface area (Å²) in [6.45, 7) is -0.555. The number of thiazole rings is 1. The van der Waals surface area contributed by atoms with Crippen LogP contribution < -0.4 is 9.80 Å². The second kappa shape index (κ2) is 7.58. The lowest BCUT2D eigenvalue weighted by Crippen LogP contribution is -2.55. The number of imide groups is 1. The number of hydrogen-bond donors (Lipinski definition) is 1. The summed E-state index contributed by atoms with van der Waals surface area (Å²) in [5, 5.41) is 9.90. The van der Waals surface area contributed by atoms with E-state index in [-0.39, 0.29) is 6.54 Å². The molecule has 0 aliphatic carbocycles. The van der Waals surface area contributed by atoms with Gasteiger partial charge in [-0.1, -0.05) is 29.5 Å². The van der Waals surface area contributed by atoms with Crippen molar-refractivity contribution in [1.82, 2.24) is 9.88 Å². The minimum Gasteiger partial charge on any atom is -0.480 e. The van der Waals surface area contributed by atoms with Crippen LogP contribution in [0.25, 0.3) is 6.08 Å². The zero-order chi connectivity index (χ0) is 19.6. The molecule has 3 amide bonds. The Balaban J connectivity index is 1.99. The number of carboxylic acids is 1. The second-order valence-corrected chi connectivity index (χ2v) is 7.16. The number of urea groups is 1. The summed E-state index contributed by atoms with van der Waals surface area (Å²) in [5.41, 5.74) is 0.723. The summed E-state index contributed by atoms with van der Waals surface area (Å²) in [5.74, 6) is -1.61. The number of aromatic nitrogens is 1. The molecule has 1 aliphatic rings. The highest BCUT2D eigenvalue weighted by Gasteiger charge is 2.37.